The molecule has 0 aliphatic heterocycles. The first kappa shape index (κ1) is 7.98. The summed E-state index contributed by atoms with van der Waals surface area (Å²) in [6, 6.07) is 3.07. The molecule has 0 unspecified atom stereocenters. The molecule has 3 heteroatoms. The number of aryl methyl sites for hydroxylation is 1. The van der Waals surface area contributed by atoms with Gasteiger partial charge < -0.3 is 4.98 Å². The Morgan fingerprint density at radius 2 is 2.23 bits per heavy atom. The summed E-state index contributed by atoms with van der Waals surface area (Å²) in [5, 5.41) is 0.637. The van der Waals surface area contributed by atoms with E-state index < -0.39 is 0 Å². The standard InChI is InChI=1S/C10H8FNO/c1-6-2-10-8(3-9(6)11)7(5-13)4-12-10/h2-5,12H,1H3. The average Bonchev–Trinajstić information content (AvgIpc) is 2.48. The van der Waals surface area contributed by atoms with Gasteiger partial charge in [-0.2, -0.15) is 0 Å². The normalized spacial score (nSPS) is 10.6. The van der Waals surface area contributed by atoms with Crippen LogP contribution < -0.4 is 0 Å². The van der Waals surface area contributed by atoms with E-state index in [-0.39, 0.29) is 5.82 Å². The number of carbonyl (C=O) groups excluding carboxylic acids is 1. The lowest BCUT2D eigenvalue weighted by Crippen LogP contribution is -1.82. The van der Waals surface area contributed by atoms with Gasteiger partial charge in [-0.05, 0) is 24.6 Å². The molecule has 1 aromatic heterocycles. The first-order valence-corrected chi connectivity index (χ1v) is 3.95. The van der Waals surface area contributed by atoms with Crippen molar-refractivity contribution >= 4 is 17.2 Å². The Balaban J connectivity index is 2.84. The fourth-order valence-electron chi connectivity index (χ4n) is 1.37. The van der Waals surface area contributed by atoms with E-state index in [1.54, 1.807) is 19.2 Å². The Morgan fingerprint density at radius 1 is 1.46 bits per heavy atom. The molecule has 0 fully saturated rings. The summed E-state index contributed by atoms with van der Waals surface area (Å²) in [5.41, 5.74) is 1.86. The third kappa shape index (κ3) is 1.13. The van der Waals surface area contributed by atoms with E-state index in [2.05, 4.69) is 4.98 Å². The monoisotopic (exact) mass is 177 g/mol. The minimum Gasteiger partial charge on any atom is -0.360 e. The summed E-state index contributed by atoms with van der Waals surface area (Å²) < 4.78 is 13.1. The van der Waals surface area contributed by atoms with Gasteiger partial charge >= 0.3 is 0 Å². The zero-order valence-corrected chi connectivity index (χ0v) is 7.10. The van der Waals surface area contributed by atoms with Crippen LogP contribution in [-0.4, -0.2) is 11.3 Å². The van der Waals surface area contributed by atoms with Crippen LogP contribution in [-0.2, 0) is 0 Å². The van der Waals surface area contributed by atoms with Crippen molar-refractivity contribution in [1.82, 2.24) is 4.98 Å². The smallest absolute Gasteiger partial charge is 0.152 e. The Bertz CT molecular complexity index is 473. The summed E-state index contributed by atoms with van der Waals surface area (Å²) in [5.74, 6) is -0.282. The largest absolute Gasteiger partial charge is 0.360 e. The fourth-order valence-corrected chi connectivity index (χ4v) is 1.37. The summed E-state index contributed by atoms with van der Waals surface area (Å²) in [4.78, 5) is 13.4. The number of aromatic nitrogens is 1. The van der Waals surface area contributed by atoms with E-state index in [0.717, 1.165) is 5.52 Å². The van der Waals surface area contributed by atoms with Crippen molar-refractivity contribution in [3.05, 3.63) is 35.3 Å². The van der Waals surface area contributed by atoms with Crippen LogP contribution in [0.4, 0.5) is 4.39 Å². The minimum absolute atomic E-state index is 0.282. The highest BCUT2D eigenvalue weighted by Gasteiger charge is 2.05. The number of halogens is 1. The summed E-state index contributed by atoms with van der Waals surface area (Å²) in [6.45, 7) is 1.69. The van der Waals surface area contributed by atoms with Crippen LogP contribution in [0, 0.1) is 12.7 Å². The van der Waals surface area contributed by atoms with Gasteiger partial charge in [0.05, 0.1) is 0 Å². The molecule has 0 aliphatic carbocycles. The van der Waals surface area contributed by atoms with Crippen molar-refractivity contribution in [2.45, 2.75) is 6.92 Å². The topological polar surface area (TPSA) is 32.9 Å². The Hall–Kier alpha value is -1.64. The number of fused-ring (bicyclic) bond motifs is 1. The zero-order valence-electron chi connectivity index (χ0n) is 7.10. The summed E-state index contributed by atoms with van der Waals surface area (Å²) in [6.07, 6.45) is 2.30. The number of H-pyrrole nitrogens is 1. The first-order valence-electron chi connectivity index (χ1n) is 3.95. The fraction of sp³-hybridized carbons (Fsp3) is 0.100. The second-order valence-electron chi connectivity index (χ2n) is 3.01. The summed E-state index contributed by atoms with van der Waals surface area (Å²) in [7, 11) is 0. The molecular weight excluding hydrogens is 169 g/mol. The van der Waals surface area contributed by atoms with E-state index in [1.807, 2.05) is 0 Å². The molecule has 1 aromatic carbocycles. The van der Waals surface area contributed by atoms with Crippen molar-refractivity contribution in [3.8, 4) is 0 Å². The van der Waals surface area contributed by atoms with Crippen LogP contribution in [0.15, 0.2) is 18.3 Å². The highest BCUT2D eigenvalue weighted by atomic mass is 19.1. The molecule has 2 rings (SSSR count). The second kappa shape index (κ2) is 2.69. The van der Waals surface area contributed by atoms with Gasteiger partial charge in [-0.1, -0.05) is 0 Å². The van der Waals surface area contributed by atoms with E-state index in [1.165, 1.54) is 6.07 Å². The first-order chi connectivity index (χ1) is 6.22. The third-order valence-corrected chi connectivity index (χ3v) is 2.12. The van der Waals surface area contributed by atoms with E-state index >= 15 is 0 Å². The SMILES string of the molecule is Cc1cc2[nH]cc(C=O)c2cc1F. The number of hydrogen-bond acceptors (Lipinski definition) is 1. The Kier molecular flexibility index (Phi) is 1.65. The zero-order chi connectivity index (χ0) is 9.42. The van der Waals surface area contributed by atoms with Crippen LogP contribution in [0.5, 0.6) is 0 Å². The number of rotatable bonds is 1. The van der Waals surface area contributed by atoms with Crippen molar-refractivity contribution in [1.29, 1.82) is 0 Å². The highest BCUT2D eigenvalue weighted by Crippen LogP contribution is 2.20. The number of nitrogens with one attached hydrogen (secondary N) is 1. The number of carbonyl (C=O) groups is 1. The maximum absolute atomic E-state index is 13.1. The number of benzene rings is 1. The highest BCUT2D eigenvalue weighted by molar-refractivity contribution is 5.97. The third-order valence-electron chi connectivity index (χ3n) is 2.12. The van der Waals surface area contributed by atoms with Crippen molar-refractivity contribution in [3.63, 3.8) is 0 Å². The molecule has 66 valence electrons. The molecule has 2 aromatic rings. The summed E-state index contributed by atoms with van der Waals surface area (Å²) >= 11 is 0. The predicted molar refractivity (Wildman–Crippen MR) is 48.4 cm³/mol. The molecule has 1 N–H and O–H groups in total. The van der Waals surface area contributed by atoms with E-state index in [0.29, 0.717) is 22.8 Å². The number of aldehydes is 1. The minimum atomic E-state index is -0.282. The molecule has 0 atom stereocenters. The lowest BCUT2D eigenvalue weighted by atomic mass is 10.1. The molecule has 1 heterocycles. The maximum atomic E-state index is 13.1. The molecule has 0 saturated heterocycles. The second-order valence-corrected chi connectivity index (χ2v) is 3.01. The van der Waals surface area contributed by atoms with Gasteiger partial charge in [-0.15, -0.1) is 0 Å². The molecule has 0 aliphatic rings. The van der Waals surface area contributed by atoms with Gasteiger partial charge in [0.25, 0.3) is 0 Å². The van der Waals surface area contributed by atoms with Gasteiger partial charge in [-0.3, -0.25) is 4.79 Å². The Morgan fingerprint density at radius 3 is 2.92 bits per heavy atom. The number of aromatic amines is 1. The molecule has 0 saturated carbocycles. The van der Waals surface area contributed by atoms with E-state index in [4.69, 9.17) is 0 Å². The van der Waals surface area contributed by atoms with Crippen LogP contribution in [0.25, 0.3) is 10.9 Å². The van der Waals surface area contributed by atoms with Crippen molar-refractivity contribution in [2.75, 3.05) is 0 Å². The van der Waals surface area contributed by atoms with Gasteiger partial charge in [0.1, 0.15) is 5.82 Å². The molecule has 13 heavy (non-hydrogen) atoms. The molecule has 2 nitrogen and oxygen atoms in total. The van der Waals surface area contributed by atoms with Gasteiger partial charge in [-0.25, -0.2) is 4.39 Å². The maximum Gasteiger partial charge on any atom is 0.152 e. The van der Waals surface area contributed by atoms with Gasteiger partial charge in [0.2, 0.25) is 0 Å². The van der Waals surface area contributed by atoms with Crippen LogP contribution in [0.1, 0.15) is 15.9 Å². The molecule has 0 bridgehead atoms. The van der Waals surface area contributed by atoms with Gasteiger partial charge in [0, 0.05) is 22.7 Å². The molecule has 0 radical (unpaired) electrons. The molecular formula is C10H8FNO. The quantitative estimate of drug-likeness (QED) is 0.666. The van der Waals surface area contributed by atoms with Crippen LogP contribution in [0.3, 0.4) is 0 Å². The lowest BCUT2D eigenvalue weighted by Gasteiger charge is -1.96. The lowest BCUT2D eigenvalue weighted by molar-refractivity contribution is 0.112. The van der Waals surface area contributed by atoms with Crippen molar-refractivity contribution < 1.29 is 9.18 Å². The number of hydrogen-bond donors (Lipinski definition) is 1. The van der Waals surface area contributed by atoms with E-state index in [9.17, 15) is 9.18 Å². The van der Waals surface area contributed by atoms with Crippen LogP contribution in [0.2, 0.25) is 0 Å². The predicted octanol–water partition coefficient (Wildman–Crippen LogP) is 2.43. The average molecular weight is 177 g/mol. The molecule has 0 amide bonds. The van der Waals surface area contributed by atoms with Crippen LogP contribution >= 0.6 is 0 Å². The van der Waals surface area contributed by atoms with Crippen molar-refractivity contribution in [2.24, 2.45) is 0 Å². The van der Waals surface area contributed by atoms with Gasteiger partial charge in [0.15, 0.2) is 6.29 Å². The molecule has 0 spiro atoms. The Labute approximate surface area is 74.4 Å².